The maximum Gasteiger partial charge on any atom is 0.228 e. The van der Waals surface area contributed by atoms with Crippen LogP contribution in [0.3, 0.4) is 0 Å². The van der Waals surface area contributed by atoms with E-state index in [1.165, 1.54) is 0 Å². The van der Waals surface area contributed by atoms with E-state index in [4.69, 9.17) is 10.2 Å². The summed E-state index contributed by atoms with van der Waals surface area (Å²) in [5, 5.41) is 1.13. The Hall–Kier alpha value is -2.07. The number of nitrogens with two attached hydrogens (primary N) is 1. The fourth-order valence-electron chi connectivity index (χ4n) is 2.08. The van der Waals surface area contributed by atoms with E-state index in [-0.39, 0.29) is 0 Å². The van der Waals surface area contributed by atoms with Gasteiger partial charge in [-0.15, -0.1) is 0 Å². The number of oxazole rings is 1. The van der Waals surface area contributed by atoms with E-state index < -0.39 is 0 Å². The van der Waals surface area contributed by atoms with Crippen LogP contribution in [0.25, 0.3) is 22.4 Å². The molecule has 0 aliphatic carbocycles. The molecule has 0 unspecified atom stereocenters. The summed E-state index contributed by atoms with van der Waals surface area (Å²) in [7, 11) is 0. The summed E-state index contributed by atoms with van der Waals surface area (Å²) in [5.41, 5.74) is 8.54. The molecule has 3 N–H and O–H groups in total. The van der Waals surface area contributed by atoms with E-state index in [0.29, 0.717) is 12.4 Å². The third-order valence-electron chi connectivity index (χ3n) is 3.01. The second-order valence-corrected chi connectivity index (χ2v) is 4.28. The summed E-state index contributed by atoms with van der Waals surface area (Å²) in [6.45, 7) is 0.676. The lowest BCUT2D eigenvalue weighted by molar-refractivity contribution is 0.572. The monoisotopic (exact) mass is 241 g/mol. The average molecular weight is 241 g/mol. The van der Waals surface area contributed by atoms with Crippen LogP contribution < -0.4 is 5.73 Å². The summed E-state index contributed by atoms with van der Waals surface area (Å²) in [6.07, 6.45) is 5.44. The van der Waals surface area contributed by atoms with Crippen molar-refractivity contribution < 1.29 is 4.42 Å². The van der Waals surface area contributed by atoms with Crippen molar-refractivity contribution in [1.29, 1.82) is 0 Å². The SMILES string of the molecule is NCCCc1coc(-c2c[nH]c3ccccc23)n1. The van der Waals surface area contributed by atoms with Gasteiger partial charge in [-0.1, -0.05) is 18.2 Å². The number of nitrogens with one attached hydrogen (secondary N) is 1. The molecule has 0 fully saturated rings. The molecule has 2 heterocycles. The fourth-order valence-corrected chi connectivity index (χ4v) is 2.08. The topological polar surface area (TPSA) is 67.8 Å². The second kappa shape index (κ2) is 4.66. The minimum atomic E-state index is 0.666. The number of hydrogen-bond donors (Lipinski definition) is 2. The lowest BCUT2D eigenvalue weighted by atomic mass is 10.2. The first-order valence-electron chi connectivity index (χ1n) is 6.09. The molecule has 4 nitrogen and oxygen atoms in total. The molecular formula is C14H15N3O. The standard InChI is InChI=1S/C14H15N3O/c15-7-3-4-10-9-18-14(17-10)12-8-16-13-6-2-1-5-11(12)13/h1-2,5-6,8-9,16H,3-4,7,15H2. The number of para-hydroxylation sites is 1. The number of aromatic amines is 1. The molecule has 0 aliphatic heterocycles. The third-order valence-corrected chi connectivity index (χ3v) is 3.01. The van der Waals surface area contributed by atoms with Crippen LogP contribution in [0.1, 0.15) is 12.1 Å². The highest BCUT2D eigenvalue weighted by molar-refractivity contribution is 5.93. The van der Waals surface area contributed by atoms with Gasteiger partial charge < -0.3 is 15.1 Å². The summed E-state index contributed by atoms with van der Waals surface area (Å²) in [4.78, 5) is 7.72. The van der Waals surface area contributed by atoms with Gasteiger partial charge in [-0.3, -0.25) is 0 Å². The van der Waals surface area contributed by atoms with Crippen molar-refractivity contribution in [3.8, 4) is 11.5 Å². The van der Waals surface area contributed by atoms with Crippen molar-refractivity contribution in [3.63, 3.8) is 0 Å². The van der Waals surface area contributed by atoms with Gasteiger partial charge in [0.05, 0.1) is 11.3 Å². The van der Waals surface area contributed by atoms with Gasteiger partial charge in [0.15, 0.2) is 0 Å². The zero-order valence-corrected chi connectivity index (χ0v) is 10.0. The minimum Gasteiger partial charge on any atom is -0.444 e. The van der Waals surface area contributed by atoms with E-state index in [9.17, 15) is 0 Å². The Balaban J connectivity index is 1.96. The van der Waals surface area contributed by atoms with Gasteiger partial charge >= 0.3 is 0 Å². The Morgan fingerprint density at radius 1 is 1.28 bits per heavy atom. The number of nitrogens with zero attached hydrogens (tertiary/aromatic N) is 1. The normalized spacial score (nSPS) is 11.2. The van der Waals surface area contributed by atoms with E-state index >= 15 is 0 Å². The zero-order valence-electron chi connectivity index (χ0n) is 10.0. The van der Waals surface area contributed by atoms with Crippen LogP contribution >= 0.6 is 0 Å². The molecule has 92 valence electrons. The molecule has 0 aliphatic rings. The zero-order chi connectivity index (χ0) is 12.4. The highest BCUT2D eigenvalue weighted by atomic mass is 16.3. The van der Waals surface area contributed by atoms with Crippen molar-refractivity contribution in [3.05, 3.63) is 42.4 Å². The predicted molar refractivity (Wildman–Crippen MR) is 71.2 cm³/mol. The smallest absolute Gasteiger partial charge is 0.228 e. The number of fused-ring (bicyclic) bond motifs is 1. The first-order chi connectivity index (χ1) is 8.88. The summed E-state index contributed by atoms with van der Waals surface area (Å²) in [6, 6.07) is 8.12. The highest BCUT2D eigenvalue weighted by Crippen LogP contribution is 2.27. The molecule has 0 bridgehead atoms. The van der Waals surface area contributed by atoms with Gasteiger partial charge in [-0.05, 0) is 25.5 Å². The van der Waals surface area contributed by atoms with Gasteiger partial charge in [0.2, 0.25) is 5.89 Å². The van der Waals surface area contributed by atoms with Crippen LogP contribution in [-0.2, 0) is 6.42 Å². The summed E-state index contributed by atoms with van der Waals surface area (Å²) >= 11 is 0. The Morgan fingerprint density at radius 3 is 3.06 bits per heavy atom. The molecule has 2 aromatic heterocycles. The lowest BCUT2D eigenvalue weighted by Gasteiger charge is -1.92. The molecule has 0 spiro atoms. The number of benzene rings is 1. The highest BCUT2D eigenvalue weighted by Gasteiger charge is 2.11. The van der Waals surface area contributed by atoms with Gasteiger partial charge in [0.25, 0.3) is 0 Å². The summed E-state index contributed by atoms with van der Waals surface area (Å²) in [5.74, 6) is 0.666. The van der Waals surface area contributed by atoms with E-state index in [1.807, 2.05) is 24.4 Å². The number of aromatic nitrogens is 2. The largest absolute Gasteiger partial charge is 0.444 e. The second-order valence-electron chi connectivity index (χ2n) is 4.28. The van der Waals surface area contributed by atoms with Gasteiger partial charge in [0, 0.05) is 17.1 Å². The lowest BCUT2D eigenvalue weighted by Crippen LogP contribution is -2.00. The van der Waals surface area contributed by atoms with E-state index in [1.54, 1.807) is 6.26 Å². The fraction of sp³-hybridized carbons (Fsp3) is 0.214. The molecule has 0 radical (unpaired) electrons. The number of H-pyrrole nitrogens is 1. The Labute approximate surface area is 105 Å². The van der Waals surface area contributed by atoms with E-state index in [2.05, 4.69) is 16.0 Å². The molecule has 3 rings (SSSR count). The average Bonchev–Trinajstić information content (AvgIpc) is 3.02. The first kappa shape index (κ1) is 11.0. The third kappa shape index (κ3) is 1.91. The molecule has 1 aromatic carbocycles. The molecule has 0 amide bonds. The Morgan fingerprint density at radius 2 is 2.17 bits per heavy atom. The van der Waals surface area contributed by atoms with Gasteiger partial charge in [-0.25, -0.2) is 4.98 Å². The van der Waals surface area contributed by atoms with E-state index in [0.717, 1.165) is 35.0 Å². The van der Waals surface area contributed by atoms with Crippen molar-refractivity contribution in [1.82, 2.24) is 9.97 Å². The van der Waals surface area contributed by atoms with Crippen LogP contribution in [0.5, 0.6) is 0 Å². The van der Waals surface area contributed by atoms with Crippen molar-refractivity contribution in [2.75, 3.05) is 6.54 Å². The molecule has 0 saturated carbocycles. The van der Waals surface area contributed by atoms with Crippen LogP contribution in [-0.4, -0.2) is 16.5 Å². The molecule has 18 heavy (non-hydrogen) atoms. The molecule has 0 saturated heterocycles. The Bertz CT molecular complexity index is 654. The van der Waals surface area contributed by atoms with Gasteiger partial charge in [0.1, 0.15) is 6.26 Å². The minimum absolute atomic E-state index is 0.666. The summed E-state index contributed by atoms with van der Waals surface area (Å²) < 4.78 is 5.54. The quantitative estimate of drug-likeness (QED) is 0.738. The number of aryl methyl sites for hydroxylation is 1. The first-order valence-corrected chi connectivity index (χ1v) is 6.09. The number of rotatable bonds is 4. The van der Waals surface area contributed by atoms with Gasteiger partial charge in [-0.2, -0.15) is 0 Å². The van der Waals surface area contributed by atoms with Crippen LogP contribution in [0, 0.1) is 0 Å². The van der Waals surface area contributed by atoms with Crippen LogP contribution in [0.2, 0.25) is 0 Å². The van der Waals surface area contributed by atoms with Crippen molar-refractivity contribution in [2.24, 2.45) is 5.73 Å². The maximum absolute atomic E-state index is 5.54. The van der Waals surface area contributed by atoms with Crippen molar-refractivity contribution >= 4 is 10.9 Å². The molecule has 0 atom stereocenters. The Kier molecular flexibility index (Phi) is 2.86. The number of hydrogen-bond acceptors (Lipinski definition) is 3. The predicted octanol–water partition coefficient (Wildman–Crippen LogP) is 2.71. The molecule has 3 aromatic rings. The van der Waals surface area contributed by atoms with Crippen molar-refractivity contribution in [2.45, 2.75) is 12.8 Å². The van der Waals surface area contributed by atoms with Crippen LogP contribution in [0.15, 0.2) is 41.1 Å². The maximum atomic E-state index is 5.54. The molecular weight excluding hydrogens is 226 g/mol. The van der Waals surface area contributed by atoms with Crippen LogP contribution in [0.4, 0.5) is 0 Å². The molecule has 4 heteroatoms.